The van der Waals surface area contributed by atoms with Crippen LogP contribution in [0.1, 0.15) is 16.7 Å². The molecule has 2 aliphatic heterocycles. The summed E-state index contributed by atoms with van der Waals surface area (Å²) in [5.74, 6) is 0.827. The first kappa shape index (κ1) is 18.4. The summed E-state index contributed by atoms with van der Waals surface area (Å²) in [6.07, 6.45) is 0.831. The number of ether oxygens (including phenoxy) is 2. The zero-order chi connectivity index (χ0) is 16.5. The van der Waals surface area contributed by atoms with Gasteiger partial charge in [-0.2, -0.15) is 0 Å². The molecule has 2 heterocycles. The van der Waals surface area contributed by atoms with E-state index in [1.807, 2.05) is 24.3 Å². The van der Waals surface area contributed by atoms with Crippen molar-refractivity contribution in [2.24, 2.45) is 0 Å². The summed E-state index contributed by atoms with van der Waals surface area (Å²) < 4.78 is 24.3. The molecule has 0 radical (unpaired) electrons. The summed E-state index contributed by atoms with van der Waals surface area (Å²) in [6.45, 7) is 4.06. The van der Waals surface area contributed by atoms with Crippen molar-refractivity contribution in [3.63, 3.8) is 0 Å². The highest BCUT2D eigenvalue weighted by molar-refractivity contribution is 7.85. The summed E-state index contributed by atoms with van der Waals surface area (Å²) >= 11 is 0. The maximum atomic E-state index is 13.3. The minimum Gasteiger partial charge on any atom is -0.496 e. The van der Waals surface area contributed by atoms with E-state index in [0.717, 1.165) is 71.5 Å². The Labute approximate surface area is 157 Å². The fraction of sp³-hybridized carbons (Fsp3) is 0.368. The molecule has 0 saturated carbocycles. The van der Waals surface area contributed by atoms with Crippen LogP contribution in [0, 0.1) is 0 Å². The predicted molar refractivity (Wildman–Crippen MR) is 100 cm³/mol. The first-order valence-corrected chi connectivity index (χ1v) is 9.41. The fourth-order valence-corrected chi connectivity index (χ4v) is 5.07. The van der Waals surface area contributed by atoms with E-state index in [4.69, 9.17) is 9.47 Å². The molecule has 0 bridgehead atoms. The third kappa shape index (κ3) is 3.47. The van der Waals surface area contributed by atoms with E-state index in [1.165, 1.54) is 0 Å². The molecule has 134 valence electrons. The zero-order valence-corrected chi connectivity index (χ0v) is 15.8. The number of benzene rings is 2. The Balaban J connectivity index is 0.00000182. The Morgan fingerprint density at radius 1 is 1.12 bits per heavy atom. The molecule has 1 atom stereocenters. The van der Waals surface area contributed by atoms with Crippen molar-refractivity contribution in [1.82, 2.24) is 4.90 Å². The van der Waals surface area contributed by atoms with Crippen LogP contribution in [-0.4, -0.2) is 42.5 Å². The highest BCUT2D eigenvalue weighted by Gasteiger charge is 2.27. The van der Waals surface area contributed by atoms with Gasteiger partial charge < -0.3 is 9.47 Å². The van der Waals surface area contributed by atoms with E-state index in [2.05, 4.69) is 17.0 Å². The van der Waals surface area contributed by atoms with Gasteiger partial charge in [0.2, 0.25) is 0 Å². The monoisotopic (exact) mass is 379 g/mol. The number of rotatable bonds is 3. The largest absolute Gasteiger partial charge is 0.496 e. The molecule has 2 aromatic carbocycles. The summed E-state index contributed by atoms with van der Waals surface area (Å²) in [6, 6.07) is 12.1. The van der Waals surface area contributed by atoms with Gasteiger partial charge in [-0.15, -0.1) is 12.4 Å². The Hall–Kier alpha value is -1.40. The summed E-state index contributed by atoms with van der Waals surface area (Å²) in [7, 11) is 0.529. The number of fused-ring (bicyclic) bond motifs is 2. The number of halogens is 1. The van der Waals surface area contributed by atoms with Crippen molar-refractivity contribution < 1.29 is 13.7 Å². The lowest BCUT2D eigenvalue weighted by Crippen LogP contribution is -2.36. The second-order valence-corrected chi connectivity index (χ2v) is 7.56. The van der Waals surface area contributed by atoms with Gasteiger partial charge in [0.25, 0.3) is 0 Å². The van der Waals surface area contributed by atoms with Gasteiger partial charge in [-0.05, 0) is 29.7 Å². The average Bonchev–Trinajstić information content (AvgIpc) is 2.63. The molecule has 25 heavy (non-hydrogen) atoms. The van der Waals surface area contributed by atoms with Crippen molar-refractivity contribution in [3.8, 4) is 5.75 Å². The molecule has 4 nitrogen and oxygen atoms in total. The van der Waals surface area contributed by atoms with E-state index in [9.17, 15) is 4.21 Å². The van der Waals surface area contributed by atoms with Gasteiger partial charge in [0.05, 0.1) is 36.0 Å². The van der Waals surface area contributed by atoms with Crippen LogP contribution in [-0.2, 0) is 28.5 Å². The molecule has 0 amide bonds. The molecule has 1 fully saturated rings. The Morgan fingerprint density at radius 2 is 1.88 bits per heavy atom. The molecule has 0 aromatic heterocycles. The van der Waals surface area contributed by atoms with Crippen molar-refractivity contribution in [2.45, 2.75) is 22.8 Å². The Kier molecular flexibility index (Phi) is 5.79. The topological polar surface area (TPSA) is 38.8 Å². The second kappa shape index (κ2) is 7.87. The fourth-order valence-electron chi connectivity index (χ4n) is 3.50. The van der Waals surface area contributed by atoms with E-state index in [0.29, 0.717) is 0 Å². The molecule has 0 N–H and O–H groups in total. The molecule has 0 aliphatic carbocycles. The first-order valence-electron chi connectivity index (χ1n) is 8.26. The molecular weight excluding hydrogens is 358 g/mol. The lowest BCUT2D eigenvalue weighted by molar-refractivity contribution is 0.0335. The van der Waals surface area contributed by atoms with Gasteiger partial charge in [-0.3, -0.25) is 4.90 Å². The number of methoxy groups -OCH3 is 1. The molecule has 2 aromatic rings. The second-order valence-electron chi connectivity index (χ2n) is 6.18. The quantitative estimate of drug-likeness (QED) is 0.701. The standard InChI is InChI=1S/C19H21NO3S.ClH/c1-22-17-7-6-15-12-14-4-2-3-5-18(14)24(21)19(15)16(17)13-20-8-10-23-11-9-20;/h2-7H,8-13H2,1H3;1H. The molecule has 2 aliphatic rings. The van der Waals surface area contributed by atoms with Crippen molar-refractivity contribution in [1.29, 1.82) is 0 Å². The third-order valence-electron chi connectivity index (χ3n) is 4.74. The lowest BCUT2D eigenvalue weighted by atomic mass is 10.0. The average molecular weight is 380 g/mol. The normalized spacial score (nSPS) is 19.5. The van der Waals surface area contributed by atoms with Crippen molar-refractivity contribution >= 4 is 23.2 Å². The number of morpholine rings is 1. The maximum absolute atomic E-state index is 13.3. The van der Waals surface area contributed by atoms with Crippen LogP contribution < -0.4 is 4.74 Å². The number of hydrogen-bond acceptors (Lipinski definition) is 4. The molecule has 6 heteroatoms. The summed E-state index contributed by atoms with van der Waals surface area (Å²) in [5.41, 5.74) is 3.37. The van der Waals surface area contributed by atoms with Gasteiger partial charge in [-0.25, -0.2) is 4.21 Å². The van der Waals surface area contributed by atoms with E-state index >= 15 is 0 Å². The van der Waals surface area contributed by atoms with Crippen LogP contribution >= 0.6 is 12.4 Å². The van der Waals surface area contributed by atoms with E-state index in [-0.39, 0.29) is 12.4 Å². The minimum atomic E-state index is -1.16. The van der Waals surface area contributed by atoms with Gasteiger partial charge in [0.15, 0.2) is 0 Å². The van der Waals surface area contributed by atoms with Crippen LogP contribution in [0.2, 0.25) is 0 Å². The molecule has 1 saturated heterocycles. The van der Waals surface area contributed by atoms with Crippen LogP contribution in [0.15, 0.2) is 46.2 Å². The molecule has 4 rings (SSSR count). The maximum Gasteiger partial charge on any atom is 0.124 e. The molecular formula is C19H22ClNO3S. The van der Waals surface area contributed by atoms with Crippen molar-refractivity contribution in [2.75, 3.05) is 33.4 Å². The van der Waals surface area contributed by atoms with Crippen LogP contribution in [0.5, 0.6) is 5.75 Å². The summed E-state index contributed by atoms with van der Waals surface area (Å²) in [5, 5.41) is 0. The van der Waals surface area contributed by atoms with Crippen LogP contribution in [0.25, 0.3) is 0 Å². The van der Waals surface area contributed by atoms with Gasteiger partial charge in [-0.1, -0.05) is 24.3 Å². The minimum absolute atomic E-state index is 0. The van der Waals surface area contributed by atoms with Gasteiger partial charge in [0, 0.05) is 30.1 Å². The molecule has 0 spiro atoms. The van der Waals surface area contributed by atoms with Crippen LogP contribution in [0.3, 0.4) is 0 Å². The van der Waals surface area contributed by atoms with E-state index < -0.39 is 10.8 Å². The first-order chi connectivity index (χ1) is 11.8. The highest BCUT2D eigenvalue weighted by atomic mass is 35.5. The number of hydrogen-bond donors (Lipinski definition) is 0. The van der Waals surface area contributed by atoms with Gasteiger partial charge >= 0.3 is 0 Å². The molecule has 1 unspecified atom stereocenters. The Morgan fingerprint density at radius 3 is 2.64 bits per heavy atom. The lowest BCUT2D eigenvalue weighted by Gasteiger charge is -2.29. The summed E-state index contributed by atoms with van der Waals surface area (Å²) in [4.78, 5) is 4.22. The third-order valence-corrected chi connectivity index (χ3v) is 6.42. The predicted octanol–water partition coefficient (Wildman–Crippen LogP) is 3.02. The highest BCUT2D eigenvalue weighted by Crippen LogP contribution is 2.38. The SMILES string of the molecule is COc1ccc2c(c1CN1CCOCC1)S(=O)c1ccccc1C2.Cl. The zero-order valence-electron chi connectivity index (χ0n) is 14.2. The smallest absolute Gasteiger partial charge is 0.124 e. The van der Waals surface area contributed by atoms with Crippen LogP contribution in [0.4, 0.5) is 0 Å². The van der Waals surface area contributed by atoms with E-state index in [1.54, 1.807) is 7.11 Å². The van der Waals surface area contributed by atoms with Crippen molar-refractivity contribution in [3.05, 3.63) is 53.1 Å². The van der Waals surface area contributed by atoms with Gasteiger partial charge in [0.1, 0.15) is 5.75 Å². The number of nitrogens with zero attached hydrogens (tertiary/aromatic N) is 1. The Bertz CT molecular complexity index is 790.